The van der Waals surface area contributed by atoms with E-state index < -0.39 is 4.92 Å². The number of rotatable bonds is 6. The second kappa shape index (κ2) is 9.48. The third-order valence-electron chi connectivity index (χ3n) is 6.10. The van der Waals surface area contributed by atoms with Crippen LogP contribution in [0.25, 0.3) is 17.0 Å². The number of para-hydroxylation sites is 1. The molecule has 4 aromatic rings. The number of nitro groups is 1. The number of nitrogens with zero attached hydrogens (tertiary/aromatic N) is 3. The molecular weight excluding hydrogens is 478 g/mol. The van der Waals surface area contributed by atoms with E-state index in [0.29, 0.717) is 22.3 Å². The van der Waals surface area contributed by atoms with Crippen molar-refractivity contribution in [3.05, 3.63) is 116 Å². The van der Waals surface area contributed by atoms with Crippen LogP contribution in [0.3, 0.4) is 0 Å². The number of thiocarbonyl (C=S) groups is 1. The van der Waals surface area contributed by atoms with Gasteiger partial charge in [-0.1, -0.05) is 84.6 Å². The summed E-state index contributed by atoms with van der Waals surface area (Å²) in [6.45, 7) is 3.04. The highest BCUT2D eigenvalue weighted by Gasteiger charge is 2.32. The highest BCUT2D eigenvalue weighted by atomic mass is 32.2. The first-order valence-corrected chi connectivity index (χ1v) is 12.3. The van der Waals surface area contributed by atoms with E-state index in [9.17, 15) is 14.9 Å². The largest absolute Gasteiger partial charge is 0.340 e. The van der Waals surface area contributed by atoms with E-state index in [1.165, 1.54) is 23.9 Å². The van der Waals surface area contributed by atoms with E-state index in [-0.39, 0.29) is 11.6 Å². The minimum Gasteiger partial charge on any atom is -0.340 e. The molecule has 0 N–H and O–H groups in total. The number of carbonyl (C=O) groups is 1. The van der Waals surface area contributed by atoms with Crippen LogP contribution in [0.15, 0.2) is 83.8 Å². The zero-order chi connectivity index (χ0) is 24.5. The Morgan fingerprint density at radius 3 is 2.31 bits per heavy atom. The van der Waals surface area contributed by atoms with Crippen molar-refractivity contribution in [2.24, 2.45) is 0 Å². The Labute approximate surface area is 212 Å². The molecular formula is C27H21N3O3S2. The van der Waals surface area contributed by atoms with Crippen molar-refractivity contribution < 1.29 is 9.72 Å². The van der Waals surface area contributed by atoms with Gasteiger partial charge in [0.15, 0.2) is 0 Å². The maximum Gasteiger partial charge on any atom is 0.269 e. The number of aromatic nitrogens is 1. The van der Waals surface area contributed by atoms with E-state index in [0.717, 1.165) is 33.3 Å². The molecule has 1 fully saturated rings. The average molecular weight is 500 g/mol. The van der Waals surface area contributed by atoms with E-state index >= 15 is 0 Å². The van der Waals surface area contributed by atoms with Gasteiger partial charge in [0.1, 0.15) is 4.32 Å². The van der Waals surface area contributed by atoms with E-state index in [1.807, 2.05) is 67.6 Å². The molecule has 0 radical (unpaired) electrons. The van der Waals surface area contributed by atoms with Crippen LogP contribution in [0, 0.1) is 17.0 Å². The number of hydrogen-bond acceptors (Lipinski definition) is 5. The summed E-state index contributed by atoms with van der Waals surface area (Å²) in [4.78, 5) is 26.1. The molecule has 0 unspecified atom stereocenters. The molecule has 0 spiro atoms. The number of amides is 1. The SMILES string of the molecule is Cc1c(C=C2SC(=S)N(Cc3ccccc3)C2=O)c2ccccc2n1Cc1ccc([N+](=O)[O-])cc1. The quantitative estimate of drug-likeness (QED) is 0.135. The second-order valence-corrected chi connectivity index (χ2v) is 9.96. The Hall–Kier alpha value is -3.75. The van der Waals surface area contributed by atoms with Crippen molar-refractivity contribution in [1.82, 2.24) is 9.47 Å². The van der Waals surface area contributed by atoms with Crippen LogP contribution < -0.4 is 0 Å². The molecule has 174 valence electrons. The third-order valence-corrected chi connectivity index (χ3v) is 7.48. The fourth-order valence-electron chi connectivity index (χ4n) is 4.28. The van der Waals surface area contributed by atoms with Crippen molar-refractivity contribution >= 4 is 56.9 Å². The molecule has 0 bridgehead atoms. The molecule has 0 atom stereocenters. The summed E-state index contributed by atoms with van der Waals surface area (Å²) in [5, 5.41) is 12.0. The normalized spacial score (nSPS) is 14.9. The molecule has 35 heavy (non-hydrogen) atoms. The number of fused-ring (bicyclic) bond motifs is 1. The molecule has 1 aromatic heterocycles. The van der Waals surface area contributed by atoms with Crippen LogP contribution in [0.1, 0.15) is 22.4 Å². The van der Waals surface area contributed by atoms with Crippen molar-refractivity contribution in [1.29, 1.82) is 0 Å². The molecule has 0 aliphatic carbocycles. The Bertz CT molecular complexity index is 1490. The lowest BCUT2D eigenvalue weighted by atomic mass is 10.1. The van der Waals surface area contributed by atoms with Crippen molar-refractivity contribution in [2.45, 2.75) is 20.0 Å². The smallest absolute Gasteiger partial charge is 0.269 e. The van der Waals surface area contributed by atoms with Crippen molar-refractivity contribution in [3.63, 3.8) is 0 Å². The fraction of sp³-hybridized carbons (Fsp3) is 0.111. The summed E-state index contributed by atoms with van der Waals surface area (Å²) in [7, 11) is 0. The number of nitro benzene ring substituents is 1. The highest BCUT2D eigenvalue weighted by molar-refractivity contribution is 8.26. The van der Waals surface area contributed by atoms with Crippen LogP contribution in [0.2, 0.25) is 0 Å². The number of hydrogen-bond donors (Lipinski definition) is 0. The van der Waals surface area contributed by atoms with E-state index in [1.54, 1.807) is 17.0 Å². The molecule has 2 heterocycles. The van der Waals surface area contributed by atoms with Gasteiger partial charge in [-0.15, -0.1) is 0 Å². The third kappa shape index (κ3) is 4.50. The minimum atomic E-state index is -0.397. The molecule has 0 saturated carbocycles. The van der Waals surface area contributed by atoms with Gasteiger partial charge in [0.25, 0.3) is 11.6 Å². The first-order valence-electron chi connectivity index (χ1n) is 11.0. The second-order valence-electron chi connectivity index (χ2n) is 8.28. The zero-order valence-corrected chi connectivity index (χ0v) is 20.5. The molecule has 1 saturated heterocycles. The molecule has 8 heteroatoms. The number of benzene rings is 3. The van der Waals surface area contributed by atoms with Crippen LogP contribution >= 0.6 is 24.0 Å². The fourth-order valence-corrected chi connectivity index (χ4v) is 5.52. The summed E-state index contributed by atoms with van der Waals surface area (Å²) >= 11 is 6.86. The summed E-state index contributed by atoms with van der Waals surface area (Å²) in [5.74, 6) is -0.0875. The number of non-ortho nitro benzene ring substituents is 1. The Balaban J connectivity index is 1.49. The lowest BCUT2D eigenvalue weighted by Crippen LogP contribution is -2.27. The first kappa shape index (κ1) is 23.0. The Morgan fingerprint density at radius 1 is 0.943 bits per heavy atom. The molecule has 1 amide bonds. The van der Waals surface area contributed by atoms with Gasteiger partial charge >= 0.3 is 0 Å². The van der Waals surface area contributed by atoms with Gasteiger partial charge in [0.2, 0.25) is 0 Å². The van der Waals surface area contributed by atoms with Gasteiger partial charge < -0.3 is 4.57 Å². The number of thioether (sulfide) groups is 1. The number of carbonyl (C=O) groups excluding carboxylic acids is 1. The van der Waals surface area contributed by atoms with Crippen molar-refractivity contribution in [3.8, 4) is 0 Å². The zero-order valence-electron chi connectivity index (χ0n) is 18.9. The lowest BCUT2D eigenvalue weighted by molar-refractivity contribution is -0.384. The summed E-state index contributed by atoms with van der Waals surface area (Å²) in [5.41, 5.74) is 5.08. The van der Waals surface area contributed by atoms with Gasteiger partial charge in [0, 0.05) is 40.8 Å². The summed E-state index contributed by atoms with van der Waals surface area (Å²) in [6.07, 6.45) is 1.94. The molecule has 1 aliphatic heterocycles. The van der Waals surface area contributed by atoms with Gasteiger partial charge in [0.05, 0.1) is 16.4 Å². The van der Waals surface area contributed by atoms with Crippen LogP contribution in [0.5, 0.6) is 0 Å². The van der Waals surface area contributed by atoms with Crippen LogP contribution in [-0.4, -0.2) is 24.6 Å². The molecule has 3 aromatic carbocycles. The average Bonchev–Trinajstić information content (AvgIpc) is 3.28. The van der Waals surface area contributed by atoms with Gasteiger partial charge in [-0.25, -0.2) is 0 Å². The van der Waals surface area contributed by atoms with Gasteiger partial charge in [-0.2, -0.15) is 0 Å². The molecule has 5 rings (SSSR count). The Morgan fingerprint density at radius 2 is 1.60 bits per heavy atom. The monoisotopic (exact) mass is 499 g/mol. The summed E-state index contributed by atoms with van der Waals surface area (Å²) < 4.78 is 2.73. The van der Waals surface area contributed by atoms with Gasteiger partial charge in [-0.05, 0) is 30.2 Å². The Kier molecular flexibility index (Phi) is 6.23. The van der Waals surface area contributed by atoms with Crippen LogP contribution in [0.4, 0.5) is 5.69 Å². The molecule has 6 nitrogen and oxygen atoms in total. The maximum atomic E-state index is 13.2. The van der Waals surface area contributed by atoms with Crippen LogP contribution in [-0.2, 0) is 17.9 Å². The predicted molar refractivity (Wildman–Crippen MR) is 144 cm³/mol. The lowest BCUT2D eigenvalue weighted by Gasteiger charge is -2.14. The molecule has 1 aliphatic rings. The highest BCUT2D eigenvalue weighted by Crippen LogP contribution is 2.36. The summed E-state index contributed by atoms with van der Waals surface area (Å²) in [6, 6.07) is 24.5. The maximum absolute atomic E-state index is 13.2. The standard InChI is InChI=1S/C27H21N3O3S2/c1-18-23(15-25-26(31)29(27(34)35-25)17-19-7-3-2-4-8-19)22-9-5-6-10-24(22)28(18)16-20-11-13-21(14-12-20)30(32)33/h2-15H,16-17H2,1H3. The van der Waals surface area contributed by atoms with E-state index in [4.69, 9.17) is 12.2 Å². The predicted octanol–water partition coefficient (Wildman–Crippen LogP) is 6.31. The first-order chi connectivity index (χ1) is 16.9. The topological polar surface area (TPSA) is 68.4 Å². The minimum absolute atomic E-state index is 0.0704. The van der Waals surface area contributed by atoms with E-state index in [2.05, 4.69) is 4.57 Å². The van der Waals surface area contributed by atoms with Crippen molar-refractivity contribution in [2.75, 3.05) is 0 Å². The van der Waals surface area contributed by atoms with Gasteiger partial charge in [-0.3, -0.25) is 19.8 Å².